The van der Waals surface area contributed by atoms with Gasteiger partial charge >= 0.3 is 0 Å². The number of nitrogens with two attached hydrogens (primary N) is 1. The Bertz CT molecular complexity index is 852. The van der Waals surface area contributed by atoms with Crippen molar-refractivity contribution in [1.82, 2.24) is 0 Å². The smallest absolute Gasteiger partial charge is 0.209 e. The van der Waals surface area contributed by atoms with Crippen LogP contribution in [0.1, 0.15) is 17.5 Å². The average Bonchev–Trinajstić information content (AvgIpc) is 2.50. The van der Waals surface area contributed by atoms with Crippen molar-refractivity contribution in [2.45, 2.75) is 6.42 Å². The molecule has 0 unspecified atom stereocenters. The molecule has 0 saturated carbocycles. The predicted octanol–water partition coefficient (Wildman–Crippen LogP) is 2.70. The SMILES string of the molecule is NS(=O)(=O)CCCN=C(c1ccc(Cl)cc1)c1cc(F)ccc1O. The van der Waals surface area contributed by atoms with Crippen molar-refractivity contribution in [1.29, 1.82) is 0 Å². The number of phenolic OH excluding ortho intramolecular Hbond substituents is 1. The molecule has 0 atom stereocenters. The summed E-state index contributed by atoms with van der Waals surface area (Å²) in [5, 5.41) is 15.5. The number of phenols is 1. The Kier molecular flexibility index (Phi) is 5.93. The van der Waals surface area contributed by atoms with Gasteiger partial charge in [0.25, 0.3) is 0 Å². The monoisotopic (exact) mass is 370 g/mol. The number of primary sulfonamides is 1. The zero-order chi connectivity index (χ0) is 17.7. The quantitative estimate of drug-likeness (QED) is 0.604. The Morgan fingerprint density at radius 1 is 1.21 bits per heavy atom. The Morgan fingerprint density at radius 2 is 1.88 bits per heavy atom. The first-order valence-corrected chi connectivity index (χ1v) is 9.15. The molecule has 128 valence electrons. The minimum atomic E-state index is -3.57. The third kappa shape index (κ3) is 5.30. The molecule has 0 fully saturated rings. The Hall–Kier alpha value is -1.96. The summed E-state index contributed by atoms with van der Waals surface area (Å²) >= 11 is 5.87. The molecule has 2 rings (SSSR count). The summed E-state index contributed by atoms with van der Waals surface area (Å²) < 4.78 is 35.5. The van der Waals surface area contributed by atoms with Crippen LogP contribution in [0.3, 0.4) is 0 Å². The van der Waals surface area contributed by atoms with Gasteiger partial charge in [0.2, 0.25) is 10.0 Å². The van der Waals surface area contributed by atoms with Crippen LogP contribution in [-0.2, 0) is 10.0 Å². The van der Waals surface area contributed by atoms with Crippen molar-refractivity contribution in [2.24, 2.45) is 10.1 Å². The molecule has 0 aliphatic rings. The zero-order valence-electron chi connectivity index (χ0n) is 12.6. The lowest BCUT2D eigenvalue weighted by Crippen LogP contribution is -2.17. The van der Waals surface area contributed by atoms with Crippen LogP contribution in [0.4, 0.5) is 4.39 Å². The molecule has 24 heavy (non-hydrogen) atoms. The van der Waals surface area contributed by atoms with E-state index in [2.05, 4.69) is 4.99 Å². The lowest BCUT2D eigenvalue weighted by molar-refractivity contribution is 0.472. The normalized spacial score (nSPS) is 12.4. The molecule has 8 heteroatoms. The Balaban J connectivity index is 2.37. The molecule has 0 aromatic heterocycles. The number of hydrogen-bond acceptors (Lipinski definition) is 4. The molecule has 0 heterocycles. The molecule has 0 aliphatic heterocycles. The lowest BCUT2D eigenvalue weighted by Gasteiger charge is -2.10. The van der Waals surface area contributed by atoms with E-state index in [4.69, 9.17) is 16.7 Å². The van der Waals surface area contributed by atoms with Crippen LogP contribution in [-0.4, -0.2) is 31.5 Å². The topological polar surface area (TPSA) is 92.8 Å². The first kappa shape index (κ1) is 18.4. The van der Waals surface area contributed by atoms with Crippen LogP contribution in [0.5, 0.6) is 5.75 Å². The van der Waals surface area contributed by atoms with Crippen LogP contribution in [0.15, 0.2) is 47.5 Å². The minimum Gasteiger partial charge on any atom is -0.507 e. The van der Waals surface area contributed by atoms with Gasteiger partial charge in [-0.25, -0.2) is 17.9 Å². The largest absolute Gasteiger partial charge is 0.507 e. The van der Waals surface area contributed by atoms with Crippen LogP contribution in [0.2, 0.25) is 5.02 Å². The van der Waals surface area contributed by atoms with Crippen molar-refractivity contribution in [3.63, 3.8) is 0 Å². The Labute approximate surface area is 144 Å². The number of hydrogen-bond donors (Lipinski definition) is 2. The summed E-state index contributed by atoms with van der Waals surface area (Å²) in [4.78, 5) is 4.33. The fraction of sp³-hybridized carbons (Fsp3) is 0.188. The standard InChI is InChI=1S/C16H16ClFN2O3S/c17-12-4-2-11(3-5-12)16(20-8-1-9-24(19,22)23)14-10-13(18)6-7-15(14)21/h2-7,10,21H,1,8-9H2,(H2,19,22,23). The number of aromatic hydroxyl groups is 1. The van der Waals surface area contributed by atoms with Gasteiger partial charge < -0.3 is 5.11 Å². The fourth-order valence-corrected chi connectivity index (χ4v) is 2.75. The third-order valence-electron chi connectivity index (χ3n) is 3.19. The molecular weight excluding hydrogens is 355 g/mol. The van der Waals surface area contributed by atoms with Crippen molar-refractivity contribution in [3.8, 4) is 5.75 Å². The van der Waals surface area contributed by atoms with Gasteiger partial charge in [0, 0.05) is 22.7 Å². The van der Waals surface area contributed by atoms with E-state index in [1.54, 1.807) is 24.3 Å². The van der Waals surface area contributed by atoms with E-state index in [1.807, 2.05) is 0 Å². The van der Waals surface area contributed by atoms with Crippen LogP contribution in [0, 0.1) is 5.82 Å². The van der Waals surface area contributed by atoms with Crippen LogP contribution >= 0.6 is 11.6 Å². The van der Waals surface area contributed by atoms with E-state index in [0.717, 1.165) is 6.07 Å². The van der Waals surface area contributed by atoms with E-state index in [1.165, 1.54) is 12.1 Å². The molecule has 0 radical (unpaired) electrons. The number of benzene rings is 2. The number of aliphatic imine (C=N–C) groups is 1. The second-order valence-corrected chi connectivity index (χ2v) is 7.29. The molecule has 2 aromatic carbocycles. The molecule has 3 N–H and O–H groups in total. The summed E-state index contributed by atoms with van der Waals surface area (Å²) in [6, 6.07) is 10.2. The van der Waals surface area contributed by atoms with Crippen LogP contribution < -0.4 is 5.14 Å². The van der Waals surface area contributed by atoms with Crippen molar-refractivity contribution in [3.05, 3.63) is 64.4 Å². The molecule has 0 bridgehead atoms. The summed E-state index contributed by atoms with van der Waals surface area (Å²) in [6.07, 6.45) is 0.214. The molecule has 0 aliphatic carbocycles. The van der Waals surface area contributed by atoms with Gasteiger partial charge in [-0.1, -0.05) is 23.7 Å². The van der Waals surface area contributed by atoms with E-state index in [-0.39, 0.29) is 30.0 Å². The lowest BCUT2D eigenvalue weighted by atomic mass is 10.0. The highest BCUT2D eigenvalue weighted by Crippen LogP contribution is 2.23. The average molecular weight is 371 g/mol. The summed E-state index contributed by atoms with van der Waals surface area (Å²) in [5.74, 6) is -0.856. The highest BCUT2D eigenvalue weighted by atomic mass is 35.5. The van der Waals surface area contributed by atoms with Crippen molar-refractivity contribution >= 4 is 27.3 Å². The maximum Gasteiger partial charge on any atom is 0.209 e. The Morgan fingerprint density at radius 3 is 2.50 bits per heavy atom. The number of nitrogens with zero attached hydrogens (tertiary/aromatic N) is 1. The first-order chi connectivity index (χ1) is 11.3. The predicted molar refractivity (Wildman–Crippen MR) is 92.6 cm³/mol. The highest BCUT2D eigenvalue weighted by molar-refractivity contribution is 7.89. The van der Waals surface area contributed by atoms with Gasteiger partial charge in [-0.05, 0) is 36.8 Å². The van der Waals surface area contributed by atoms with Crippen LogP contribution in [0.25, 0.3) is 0 Å². The second-order valence-electron chi connectivity index (χ2n) is 5.12. The van der Waals surface area contributed by atoms with Gasteiger partial charge in [0.1, 0.15) is 11.6 Å². The number of halogens is 2. The zero-order valence-corrected chi connectivity index (χ0v) is 14.2. The molecule has 0 spiro atoms. The van der Waals surface area contributed by atoms with E-state index in [9.17, 15) is 17.9 Å². The highest BCUT2D eigenvalue weighted by Gasteiger charge is 2.13. The fourth-order valence-electron chi connectivity index (χ4n) is 2.09. The van der Waals surface area contributed by atoms with Gasteiger partial charge in [0.15, 0.2) is 0 Å². The van der Waals surface area contributed by atoms with Gasteiger partial charge in [-0.2, -0.15) is 0 Å². The molecular formula is C16H16ClFN2O3S. The summed E-state index contributed by atoms with van der Waals surface area (Å²) in [7, 11) is -3.57. The summed E-state index contributed by atoms with van der Waals surface area (Å²) in [5.41, 5.74) is 1.18. The van der Waals surface area contributed by atoms with Gasteiger partial charge in [-0.15, -0.1) is 0 Å². The third-order valence-corrected chi connectivity index (χ3v) is 4.30. The maximum atomic E-state index is 13.5. The van der Waals surface area contributed by atoms with E-state index < -0.39 is 15.8 Å². The number of rotatable bonds is 6. The van der Waals surface area contributed by atoms with Crippen molar-refractivity contribution in [2.75, 3.05) is 12.3 Å². The summed E-state index contributed by atoms with van der Waals surface area (Å²) in [6.45, 7) is 0.157. The molecule has 2 aromatic rings. The molecule has 0 amide bonds. The number of sulfonamides is 1. The molecule has 0 saturated heterocycles. The van der Waals surface area contributed by atoms with Crippen molar-refractivity contribution < 1.29 is 17.9 Å². The van der Waals surface area contributed by atoms with Gasteiger partial charge in [0.05, 0.1) is 11.5 Å². The minimum absolute atomic E-state index is 0.128. The first-order valence-electron chi connectivity index (χ1n) is 7.06. The van der Waals surface area contributed by atoms with E-state index >= 15 is 0 Å². The van der Waals surface area contributed by atoms with E-state index in [0.29, 0.717) is 16.3 Å². The second kappa shape index (κ2) is 7.74. The van der Waals surface area contributed by atoms with Gasteiger partial charge in [-0.3, -0.25) is 4.99 Å². The molecule has 5 nitrogen and oxygen atoms in total. The maximum absolute atomic E-state index is 13.5.